The fourth-order valence-electron chi connectivity index (χ4n) is 1.58. The largest absolute Gasteiger partial charge is 0.383 e. The molecule has 7 heteroatoms. The van der Waals surface area contributed by atoms with Crippen LogP contribution in [0.4, 0.5) is 11.5 Å². The molecule has 6 nitrogen and oxygen atoms in total. The lowest BCUT2D eigenvalue weighted by molar-refractivity contribution is 0.102. The molecule has 2 N–H and O–H groups in total. The number of methoxy groups -OCH3 is 1. The third kappa shape index (κ3) is 4.40. The number of halogens is 1. The lowest BCUT2D eigenvalue weighted by atomic mass is 10.3. The summed E-state index contributed by atoms with van der Waals surface area (Å²) in [6, 6.07) is 10.3. The van der Waals surface area contributed by atoms with Gasteiger partial charge in [-0.05, 0) is 24.3 Å². The van der Waals surface area contributed by atoms with Crippen molar-refractivity contribution in [3.8, 4) is 0 Å². The van der Waals surface area contributed by atoms with E-state index in [0.29, 0.717) is 29.7 Å². The highest BCUT2D eigenvalue weighted by Crippen LogP contribution is 2.20. The molecule has 0 unspecified atom stereocenters. The van der Waals surface area contributed by atoms with E-state index >= 15 is 0 Å². The molecular formula is C14H15ClN4O2. The van der Waals surface area contributed by atoms with Gasteiger partial charge in [0.05, 0.1) is 17.3 Å². The maximum absolute atomic E-state index is 12.0. The van der Waals surface area contributed by atoms with Crippen LogP contribution in [0.3, 0.4) is 0 Å². The van der Waals surface area contributed by atoms with E-state index in [9.17, 15) is 4.79 Å². The van der Waals surface area contributed by atoms with Gasteiger partial charge in [0.2, 0.25) is 0 Å². The van der Waals surface area contributed by atoms with Crippen LogP contribution in [0.1, 0.15) is 10.5 Å². The number of ether oxygens (including phenoxy) is 1. The van der Waals surface area contributed by atoms with Gasteiger partial charge in [-0.1, -0.05) is 23.7 Å². The second kappa shape index (κ2) is 7.56. The molecule has 2 rings (SSSR count). The highest BCUT2D eigenvalue weighted by Gasteiger charge is 2.10. The highest BCUT2D eigenvalue weighted by atomic mass is 35.5. The van der Waals surface area contributed by atoms with Crippen molar-refractivity contribution in [3.05, 3.63) is 47.1 Å². The number of carbonyl (C=O) groups is 1. The van der Waals surface area contributed by atoms with Crippen LogP contribution in [-0.2, 0) is 4.74 Å². The predicted molar refractivity (Wildman–Crippen MR) is 81.8 cm³/mol. The molecule has 1 aromatic heterocycles. The molecule has 1 heterocycles. The summed E-state index contributed by atoms with van der Waals surface area (Å²) in [5, 5.41) is 14.0. The average Bonchev–Trinajstić information content (AvgIpc) is 2.50. The Kier molecular flexibility index (Phi) is 5.48. The van der Waals surface area contributed by atoms with Crippen molar-refractivity contribution in [1.82, 2.24) is 10.2 Å². The van der Waals surface area contributed by atoms with Crippen LogP contribution in [-0.4, -0.2) is 36.4 Å². The minimum Gasteiger partial charge on any atom is -0.383 e. The summed E-state index contributed by atoms with van der Waals surface area (Å²) in [5.74, 6) is 0.223. The number of anilines is 2. The van der Waals surface area contributed by atoms with Crippen LogP contribution < -0.4 is 10.6 Å². The summed E-state index contributed by atoms with van der Waals surface area (Å²) in [4.78, 5) is 12.0. The normalized spacial score (nSPS) is 10.2. The molecule has 0 spiro atoms. The maximum atomic E-state index is 12.0. The Morgan fingerprint density at radius 2 is 2.05 bits per heavy atom. The third-order valence-electron chi connectivity index (χ3n) is 2.63. The van der Waals surface area contributed by atoms with Crippen LogP contribution in [0.15, 0.2) is 36.4 Å². The van der Waals surface area contributed by atoms with Gasteiger partial charge in [0, 0.05) is 13.7 Å². The zero-order chi connectivity index (χ0) is 15.1. The van der Waals surface area contributed by atoms with E-state index in [-0.39, 0.29) is 11.6 Å². The van der Waals surface area contributed by atoms with Gasteiger partial charge in [0.1, 0.15) is 5.82 Å². The Morgan fingerprint density at radius 3 is 2.71 bits per heavy atom. The first kappa shape index (κ1) is 15.2. The van der Waals surface area contributed by atoms with Gasteiger partial charge in [0.25, 0.3) is 5.91 Å². The van der Waals surface area contributed by atoms with E-state index in [1.165, 1.54) is 0 Å². The van der Waals surface area contributed by atoms with E-state index < -0.39 is 0 Å². The predicted octanol–water partition coefficient (Wildman–Crippen LogP) is 2.44. The Bertz CT molecular complexity index is 604. The molecule has 21 heavy (non-hydrogen) atoms. The van der Waals surface area contributed by atoms with Gasteiger partial charge in [-0.3, -0.25) is 4.79 Å². The number of carbonyl (C=O) groups excluding carboxylic acids is 1. The summed E-state index contributed by atoms with van der Waals surface area (Å²) in [6.45, 7) is 1.19. The molecule has 2 aromatic rings. The number of hydrogen-bond acceptors (Lipinski definition) is 5. The molecular weight excluding hydrogens is 292 g/mol. The van der Waals surface area contributed by atoms with Crippen LogP contribution >= 0.6 is 11.6 Å². The molecule has 0 bridgehead atoms. The van der Waals surface area contributed by atoms with Crippen molar-refractivity contribution < 1.29 is 9.53 Å². The zero-order valence-corrected chi connectivity index (χ0v) is 12.2. The Balaban J connectivity index is 1.98. The Morgan fingerprint density at radius 1 is 1.24 bits per heavy atom. The van der Waals surface area contributed by atoms with E-state index in [0.717, 1.165) is 0 Å². The molecule has 1 amide bonds. The molecule has 0 saturated carbocycles. The number of amides is 1. The van der Waals surface area contributed by atoms with Crippen LogP contribution in [0.25, 0.3) is 0 Å². The summed E-state index contributed by atoms with van der Waals surface area (Å²) < 4.78 is 4.92. The van der Waals surface area contributed by atoms with E-state index in [2.05, 4.69) is 20.8 Å². The van der Waals surface area contributed by atoms with Gasteiger partial charge in [-0.15, -0.1) is 10.2 Å². The van der Waals surface area contributed by atoms with E-state index in [4.69, 9.17) is 16.3 Å². The van der Waals surface area contributed by atoms with Gasteiger partial charge < -0.3 is 15.4 Å². The van der Waals surface area contributed by atoms with Crippen molar-refractivity contribution >= 4 is 29.0 Å². The first-order valence-corrected chi connectivity index (χ1v) is 6.71. The van der Waals surface area contributed by atoms with Crippen molar-refractivity contribution in [2.45, 2.75) is 0 Å². The minimum absolute atomic E-state index is 0.215. The van der Waals surface area contributed by atoms with Gasteiger partial charge in [-0.25, -0.2) is 0 Å². The van der Waals surface area contributed by atoms with Crippen LogP contribution in [0, 0.1) is 0 Å². The van der Waals surface area contributed by atoms with Crippen LogP contribution in [0.5, 0.6) is 0 Å². The number of nitrogens with one attached hydrogen (secondary N) is 2. The number of benzene rings is 1. The second-order valence-electron chi connectivity index (χ2n) is 4.16. The molecule has 0 radical (unpaired) electrons. The molecule has 0 atom stereocenters. The van der Waals surface area contributed by atoms with Crippen molar-refractivity contribution in [3.63, 3.8) is 0 Å². The molecule has 110 valence electrons. The van der Waals surface area contributed by atoms with Gasteiger partial charge in [0.15, 0.2) is 5.69 Å². The summed E-state index contributed by atoms with van der Waals surface area (Å²) in [6.07, 6.45) is 0. The van der Waals surface area contributed by atoms with Crippen molar-refractivity contribution in [1.29, 1.82) is 0 Å². The van der Waals surface area contributed by atoms with Gasteiger partial charge in [-0.2, -0.15) is 0 Å². The number of para-hydroxylation sites is 1. The van der Waals surface area contributed by atoms with E-state index in [1.54, 1.807) is 43.5 Å². The molecule has 0 saturated heterocycles. The number of hydrogen-bond donors (Lipinski definition) is 2. The fraction of sp³-hybridized carbons (Fsp3) is 0.214. The fourth-order valence-corrected chi connectivity index (χ4v) is 1.76. The molecule has 0 aliphatic carbocycles. The lowest BCUT2D eigenvalue weighted by Crippen LogP contribution is -2.15. The number of aromatic nitrogens is 2. The van der Waals surface area contributed by atoms with Gasteiger partial charge >= 0.3 is 0 Å². The minimum atomic E-state index is -0.362. The first-order chi connectivity index (χ1) is 10.2. The second-order valence-corrected chi connectivity index (χ2v) is 4.56. The molecule has 1 aromatic carbocycles. The SMILES string of the molecule is COCCNc1ccc(C(=O)Nc2ccccc2Cl)nn1. The maximum Gasteiger partial charge on any atom is 0.276 e. The first-order valence-electron chi connectivity index (χ1n) is 6.33. The topological polar surface area (TPSA) is 76.1 Å². The average molecular weight is 307 g/mol. The third-order valence-corrected chi connectivity index (χ3v) is 2.96. The van der Waals surface area contributed by atoms with Crippen molar-refractivity contribution in [2.24, 2.45) is 0 Å². The lowest BCUT2D eigenvalue weighted by Gasteiger charge is -2.07. The van der Waals surface area contributed by atoms with E-state index in [1.807, 2.05) is 0 Å². The molecule has 0 fully saturated rings. The van der Waals surface area contributed by atoms with Crippen molar-refractivity contribution in [2.75, 3.05) is 30.9 Å². The highest BCUT2D eigenvalue weighted by molar-refractivity contribution is 6.33. The monoisotopic (exact) mass is 306 g/mol. The zero-order valence-electron chi connectivity index (χ0n) is 11.5. The molecule has 0 aliphatic rings. The quantitative estimate of drug-likeness (QED) is 0.802. The smallest absolute Gasteiger partial charge is 0.276 e. The summed E-state index contributed by atoms with van der Waals surface area (Å²) in [7, 11) is 1.62. The molecule has 0 aliphatic heterocycles. The van der Waals surface area contributed by atoms with Crippen LogP contribution in [0.2, 0.25) is 5.02 Å². The number of nitrogens with zero attached hydrogens (tertiary/aromatic N) is 2. The Hall–Kier alpha value is -2.18. The summed E-state index contributed by atoms with van der Waals surface area (Å²) in [5.41, 5.74) is 0.750. The Labute approximate surface area is 127 Å². The summed E-state index contributed by atoms with van der Waals surface area (Å²) >= 11 is 5.98. The number of rotatable bonds is 6. The standard InChI is InChI=1S/C14H15ClN4O2/c1-21-9-8-16-13-7-6-12(18-19-13)14(20)17-11-5-3-2-4-10(11)15/h2-7H,8-9H2,1H3,(H,16,19)(H,17,20).